The summed E-state index contributed by atoms with van der Waals surface area (Å²) in [6.07, 6.45) is 2.30. The van der Waals surface area contributed by atoms with Gasteiger partial charge < -0.3 is 9.73 Å². The molecule has 1 atom stereocenters. The lowest BCUT2D eigenvalue weighted by atomic mass is 10.1. The van der Waals surface area contributed by atoms with Crippen molar-refractivity contribution < 1.29 is 13.6 Å². The molecule has 1 amide bonds. The number of hydrogen-bond donors (Lipinski definition) is 1. The quantitative estimate of drug-likeness (QED) is 0.464. The molecule has 8 heteroatoms. The molecule has 4 aromatic rings. The minimum atomic E-state index is -0.299. The van der Waals surface area contributed by atoms with Crippen LogP contribution in [0.15, 0.2) is 59.1 Å². The number of hydrogen-bond acceptors (Lipinski definition) is 5. The third-order valence-corrected chi connectivity index (χ3v) is 5.29. The Hall–Kier alpha value is -3.81. The number of aromatic nitrogens is 4. The second kappa shape index (κ2) is 9.13. The maximum absolute atomic E-state index is 13.2. The summed E-state index contributed by atoms with van der Waals surface area (Å²) in [7, 11) is 0. The van der Waals surface area contributed by atoms with Crippen molar-refractivity contribution in [3.8, 4) is 17.1 Å². The molecule has 0 aliphatic carbocycles. The van der Waals surface area contributed by atoms with Crippen molar-refractivity contribution >= 4 is 5.91 Å². The lowest BCUT2D eigenvalue weighted by Crippen LogP contribution is -2.27. The van der Waals surface area contributed by atoms with Crippen molar-refractivity contribution in [2.45, 2.75) is 39.7 Å². The molecule has 0 fully saturated rings. The van der Waals surface area contributed by atoms with Crippen molar-refractivity contribution in [2.75, 3.05) is 0 Å². The minimum Gasteiger partial charge on any atom is -0.421 e. The van der Waals surface area contributed by atoms with Crippen molar-refractivity contribution in [3.63, 3.8) is 0 Å². The molecule has 2 aromatic heterocycles. The smallest absolute Gasteiger partial charge is 0.247 e. The van der Waals surface area contributed by atoms with Gasteiger partial charge in [0.2, 0.25) is 17.7 Å². The van der Waals surface area contributed by atoms with Crippen LogP contribution in [-0.4, -0.2) is 25.9 Å². The summed E-state index contributed by atoms with van der Waals surface area (Å²) in [5.41, 5.74) is 4.53. The second-order valence-electron chi connectivity index (χ2n) is 7.73. The van der Waals surface area contributed by atoms with E-state index < -0.39 is 0 Å². The Morgan fingerprint density at radius 3 is 2.53 bits per heavy atom. The second-order valence-corrected chi connectivity index (χ2v) is 7.73. The first-order chi connectivity index (χ1) is 15.4. The van der Waals surface area contributed by atoms with Crippen molar-refractivity contribution in [3.05, 3.63) is 83.3 Å². The molecule has 0 saturated carbocycles. The van der Waals surface area contributed by atoms with Crippen LogP contribution in [0.4, 0.5) is 4.39 Å². The minimum absolute atomic E-state index is 0.124. The summed E-state index contributed by atoms with van der Waals surface area (Å²) in [6.45, 7) is 5.83. The largest absolute Gasteiger partial charge is 0.421 e. The predicted molar refractivity (Wildman–Crippen MR) is 118 cm³/mol. The van der Waals surface area contributed by atoms with Crippen molar-refractivity contribution in [1.82, 2.24) is 25.3 Å². The topological polar surface area (TPSA) is 85.8 Å². The van der Waals surface area contributed by atoms with E-state index in [0.717, 1.165) is 28.1 Å². The van der Waals surface area contributed by atoms with Gasteiger partial charge in [0.1, 0.15) is 5.82 Å². The van der Waals surface area contributed by atoms with Crippen molar-refractivity contribution in [1.29, 1.82) is 0 Å². The average molecular weight is 433 g/mol. The molecule has 4 rings (SSSR count). The van der Waals surface area contributed by atoms with Gasteiger partial charge in [-0.1, -0.05) is 17.7 Å². The van der Waals surface area contributed by atoms with Crippen LogP contribution in [0.5, 0.6) is 0 Å². The highest BCUT2D eigenvalue weighted by Crippen LogP contribution is 2.21. The fourth-order valence-corrected chi connectivity index (χ4v) is 3.47. The fraction of sp³-hybridized carbons (Fsp3) is 0.250. The van der Waals surface area contributed by atoms with E-state index in [0.29, 0.717) is 18.2 Å². The zero-order valence-corrected chi connectivity index (χ0v) is 18.2. The Balaban J connectivity index is 1.35. The van der Waals surface area contributed by atoms with E-state index in [-0.39, 0.29) is 24.2 Å². The zero-order valence-electron chi connectivity index (χ0n) is 18.2. The number of aryl methyl sites for hydroxylation is 2. The van der Waals surface area contributed by atoms with Crippen LogP contribution in [0.2, 0.25) is 0 Å². The number of amides is 1. The zero-order chi connectivity index (χ0) is 22.7. The Morgan fingerprint density at radius 1 is 1.09 bits per heavy atom. The summed E-state index contributed by atoms with van der Waals surface area (Å²) in [5, 5.41) is 15.5. The predicted octanol–water partition coefficient (Wildman–Crippen LogP) is 4.49. The highest BCUT2D eigenvalue weighted by atomic mass is 19.1. The number of halogens is 1. The van der Waals surface area contributed by atoms with E-state index in [2.05, 4.69) is 20.6 Å². The lowest BCUT2D eigenvalue weighted by molar-refractivity contribution is -0.121. The SMILES string of the molecule is Cc1ccc(-c2nnc(CCC(=O)NC(C)c3cnn(-c4ccc(F)cc4)c3C)o2)cc1. The first-order valence-corrected chi connectivity index (χ1v) is 10.4. The van der Waals surface area contributed by atoms with Gasteiger partial charge >= 0.3 is 0 Å². The number of carbonyl (C=O) groups is 1. The molecule has 2 aromatic carbocycles. The van der Waals surface area contributed by atoms with Gasteiger partial charge in [0.25, 0.3) is 0 Å². The molecule has 2 heterocycles. The number of rotatable bonds is 7. The first kappa shape index (κ1) is 21.4. The highest BCUT2D eigenvalue weighted by molar-refractivity contribution is 5.76. The summed E-state index contributed by atoms with van der Waals surface area (Å²) < 4.78 is 20.6. The van der Waals surface area contributed by atoms with Gasteiger partial charge in [-0.05, 0) is 57.2 Å². The summed E-state index contributed by atoms with van der Waals surface area (Å²) in [6, 6.07) is 13.7. The molecule has 1 N–H and O–H groups in total. The molecule has 0 aliphatic rings. The molecule has 0 radical (unpaired) electrons. The molecule has 0 spiro atoms. The molecule has 7 nitrogen and oxygen atoms in total. The van der Waals surface area contributed by atoms with Gasteiger partial charge in [-0.15, -0.1) is 10.2 Å². The van der Waals surface area contributed by atoms with Gasteiger partial charge in [0, 0.05) is 29.7 Å². The van der Waals surface area contributed by atoms with E-state index in [4.69, 9.17) is 4.42 Å². The van der Waals surface area contributed by atoms with Crippen LogP contribution in [0.3, 0.4) is 0 Å². The van der Waals surface area contributed by atoms with E-state index in [1.54, 1.807) is 23.0 Å². The molecule has 164 valence electrons. The Bertz CT molecular complexity index is 1210. The standard InChI is InChI=1S/C24H24FN5O2/c1-15-4-6-18(7-5-15)24-29-28-23(32-24)13-12-22(31)27-16(2)21-14-26-30(17(21)3)20-10-8-19(25)9-11-20/h4-11,14,16H,12-13H2,1-3H3,(H,27,31). The first-order valence-electron chi connectivity index (χ1n) is 10.4. The van der Waals surface area contributed by atoms with Crippen LogP contribution in [0, 0.1) is 19.7 Å². The lowest BCUT2D eigenvalue weighted by Gasteiger charge is -2.14. The number of benzene rings is 2. The van der Waals surface area contributed by atoms with Crippen LogP contribution < -0.4 is 5.32 Å². The molecule has 1 unspecified atom stereocenters. The Labute approximate surface area is 185 Å². The maximum Gasteiger partial charge on any atom is 0.247 e. The Morgan fingerprint density at radius 2 is 1.81 bits per heavy atom. The highest BCUT2D eigenvalue weighted by Gasteiger charge is 2.17. The molecular formula is C24H24FN5O2. The monoisotopic (exact) mass is 433 g/mol. The van der Waals surface area contributed by atoms with E-state index in [9.17, 15) is 9.18 Å². The Kier molecular flexibility index (Phi) is 6.11. The third kappa shape index (κ3) is 4.74. The molecule has 32 heavy (non-hydrogen) atoms. The average Bonchev–Trinajstić information content (AvgIpc) is 3.40. The van der Waals surface area contributed by atoms with E-state index in [1.807, 2.05) is 45.0 Å². The number of nitrogens with one attached hydrogen (secondary N) is 1. The summed E-state index contributed by atoms with van der Waals surface area (Å²) in [5.74, 6) is 0.439. The molecule has 0 bridgehead atoms. The van der Waals surface area contributed by atoms with Crippen LogP contribution in [-0.2, 0) is 11.2 Å². The fourth-order valence-electron chi connectivity index (χ4n) is 3.47. The third-order valence-electron chi connectivity index (χ3n) is 5.29. The van der Waals surface area contributed by atoms with Gasteiger partial charge in [0.05, 0.1) is 17.9 Å². The van der Waals surface area contributed by atoms with Gasteiger partial charge in [-0.25, -0.2) is 9.07 Å². The van der Waals surface area contributed by atoms with E-state index >= 15 is 0 Å². The van der Waals surface area contributed by atoms with Crippen molar-refractivity contribution in [2.24, 2.45) is 0 Å². The number of nitrogens with zero attached hydrogens (tertiary/aromatic N) is 4. The van der Waals surface area contributed by atoms with Gasteiger partial charge in [-0.3, -0.25) is 4.79 Å². The summed E-state index contributed by atoms with van der Waals surface area (Å²) in [4.78, 5) is 12.5. The molecule has 0 aliphatic heterocycles. The molecular weight excluding hydrogens is 409 g/mol. The van der Waals surface area contributed by atoms with Crippen LogP contribution in [0.1, 0.15) is 42.1 Å². The van der Waals surface area contributed by atoms with Gasteiger partial charge in [0.15, 0.2) is 0 Å². The maximum atomic E-state index is 13.2. The van der Waals surface area contributed by atoms with Gasteiger partial charge in [-0.2, -0.15) is 5.10 Å². The van der Waals surface area contributed by atoms with Crippen LogP contribution in [0.25, 0.3) is 17.1 Å². The summed E-state index contributed by atoms with van der Waals surface area (Å²) >= 11 is 0. The number of carbonyl (C=O) groups excluding carboxylic acids is 1. The van der Waals surface area contributed by atoms with Crippen LogP contribution >= 0.6 is 0 Å². The molecule has 0 saturated heterocycles. The normalized spacial score (nSPS) is 12.0. The van der Waals surface area contributed by atoms with E-state index in [1.165, 1.54) is 12.1 Å².